The lowest BCUT2D eigenvalue weighted by molar-refractivity contribution is 0.316. The first-order chi connectivity index (χ1) is 5.70. The molecule has 0 amide bonds. The molecule has 0 aliphatic carbocycles. The lowest BCUT2D eigenvalue weighted by atomic mass is 10.2. The molecule has 72 valence electrons. The lowest BCUT2D eigenvalue weighted by Gasteiger charge is -2.11. The average molecular weight is 173 g/mol. The van der Waals surface area contributed by atoms with E-state index in [0.717, 1.165) is 13.0 Å². The van der Waals surface area contributed by atoms with Crippen molar-refractivity contribution in [2.45, 2.75) is 39.2 Å². The largest absolute Gasteiger partial charge is 0.409 e. The Bertz CT molecular complexity index is 136. The van der Waals surface area contributed by atoms with E-state index in [1.807, 2.05) is 0 Å². The van der Waals surface area contributed by atoms with Gasteiger partial charge in [0, 0.05) is 19.0 Å². The molecule has 4 N–H and O–H groups in total. The summed E-state index contributed by atoms with van der Waals surface area (Å²) in [7, 11) is 0. The first kappa shape index (κ1) is 11.2. The van der Waals surface area contributed by atoms with Gasteiger partial charge in [0.05, 0.1) is 0 Å². The molecule has 12 heavy (non-hydrogen) atoms. The van der Waals surface area contributed by atoms with Crippen LogP contribution >= 0.6 is 0 Å². The first-order valence-corrected chi connectivity index (χ1v) is 4.40. The predicted molar refractivity (Wildman–Crippen MR) is 50.4 cm³/mol. The van der Waals surface area contributed by atoms with Crippen molar-refractivity contribution in [1.82, 2.24) is 5.32 Å². The van der Waals surface area contributed by atoms with Crippen molar-refractivity contribution in [1.29, 1.82) is 0 Å². The zero-order valence-electron chi connectivity index (χ0n) is 7.88. The molecule has 0 spiro atoms. The number of amidine groups is 1. The van der Waals surface area contributed by atoms with Gasteiger partial charge in [0.2, 0.25) is 0 Å². The highest BCUT2D eigenvalue weighted by molar-refractivity contribution is 5.79. The lowest BCUT2D eigenvalue weighted by Crippen LogP contribution is -2.29. The monoisotopic (exact) mass is 173 g/mol. The smallest absolute Gasteiger partial charge is 0.140 e. The molecule has 1 atom stereocenters. The molecule has 4 nitrogen and oxygen atoms in total. The van der Waals surface area contributed by atoms with Crippen LogP contribution in [-0.2, 0) is 0 Å². The topological polar surface area (TPSA) is 70.6 Å². The van der Waals surface area contributed by atoms with Gasteiger partial charge < -0.3 is 16.3 Å². The highest BCUT2D eigenvalue weighted by Crippen LogP contribution is 1.94. The van der Waals surface area contributed by atoms with Crippen molar-refractivity contribution in [3.05, 3.63) is 0 Å². The normalized spacial score (nSPS) is 14.7. The van der Waals surface area contributed by atoms with E-state index < -0.39 is 0 Å². The van der Waals surface area contributed by atoms with E-state index in [4.69, 9.17) is 10.9 Å². The minimum Gasteiger partial charge on any atom is -0.409 e. The molecule has 0 bridgehead atoms. The molecule has 0 radical (unpaired) electrons. The van der Waals surface area contributed by atoms with Gasteiger partial charge >= 0.3 is 0 Å². The van der Waals surface area contributed by atoms with Gasteiger partial charge in [-0.2, -0.15) is 0 Å². The molecule has 0 aliphatic heterocycles. The Balaban J connectivity index is 3.30. The highest BCUT2D eigenvalue weighted by atomic mass is 16.4. The minimum absolute atomic E-state index is 0.284. The molecule has 0 aromatic rings. The second kappa shape index (κ2) is 6.91. The van der Waals surface area contributed by atoms with Crippen LogP contribution in [-0.4, -0.2) is 23.6 Å². The summed E-state index contributed by atoms with van der Waals surface area (Å²) in [6, 6.07) is 0.515. The Hall–Kier alpha value is -0.770. The molecule has 1 unspecified atom stereocenters. The summed E-state index contributed by atoms with van der Waals surface area (Å²) in [6.45, 7) is 5.06. The summed E-state index contributed by atoms with van der Waals surface area (Å²) >= 11 is 0. The summed E-state index contributed by atoms with van der Waals surface area (Å²) in [5.41, 5.74) is 5.29. The first-order valence-electron chi connectivity index (χ1n) is 4.40. The van der Waals surface area contributed by atoms with E-state index in [1.54, 1.807) is 0 Å². The maximum Gasteiger partial charge on any atom is 0.140 e. The molecule has 0 aromatic heterocycles. The summed E-state index contributed by atoms with van der Waals surface area (Å²) in [4.78, 5) is 0. The second-order valence-corrected chi connectivity index (χ2v) is 2.99. The molecule has 4 heteroatoms. The van der Waals surface area contributed by atoms with Gasteiger partial charge in [0.15, 0.2) is 0 Å². The minimum atomic E-state index is 0.284. The average Bonchev–Trinajstić information content (AvgIpc) is 2.04. The van der Waals surface area contributed by atoms with Gasteiger partial charge in [0.25, 0.3) is 0 Å². The summed E-state index contributed by atoms with van der Waals surface area (Å²) in [5.74, 6) is 0.284. The molecule has 0 saturated heterocycles. The van der Waals surface area contributed by atoms with Gasteiger partial charge in [-0.3, -0.25) is 0 Å². The van der Waals surface area contributed by atoms with Crippen LogP contribution in [0.3, 0.4) is 0 Å². The van der Waals surface area contributed by atoms with Gasteiger partial charge in [0.1, 0.15) is 5.84 Å². The molecule has 0 aromatic carbocycles. The Labute approximate surface area is 73.8 Å². The number of hydrogen-bond acceptors (Lipinski definition) is 3. The van der Waals surface area contributed by atoms with E-state index in [-0.39, 0.29) is 5.84 Å². The SMILES string of the molecule is CCCC(C)NCCC(N)=NO. The fourth-order valence-electron chi connectivity index (χ4n) is 1.03. The number of oxime groups is 1. The third-order valence-corrected chi connectivity index (χ3v) is 1.72. The van der Waals surface area contributed by atoms with Gasteiger partial charge in [-0.1, -0.05) is 18.5 Å². The van der Waals surface area contributed by atoms with E-state index >= 15 is 0 Å². The van der Waals surface area contributed by atoms with Crippen molar-refractivity contribution in [3.8, 4) is 0 Å². The Morgan fingerprint density at radius 1 is 1.67 bits per heavy atom. The molecule has 0 rings (SSSR count). The Kier molecular flexibility index (Phi) is 6.47. The molecule has 0 aliphatic rings. The van der Waals surface area contributed by atoms with Gasteiger partial charge in [-0.25, -0.2) is 0 Å². The zero-order valence-corrected chi connectivity index (χ0v) is 7.88. The zero-order chi connectivity index (χ0) is 9.40. The van der Waals surface area contributed by atoms with Crippen molar-refractivity contribution in [2.75, 3.05) is 6.54 Å². The predicted octanol–water partition coefficient (Wildman–Crippen LogP) is 0.901. The van der Waals surface area contributed by atoms with Crippen LogP contribution in [0.15, 0.2) is 5.16 Å². The third kappa shape index (κ3) is 5.97. The quantitative estimate of drug-likeness (QED) is 0.242. The maximum absolute atomic E-state index is 8.24. The van der Waals surface area contributed by atoms with E-state index in [2.05, 4.69) is 24.3 Å². The van der Waals surface area contributed by atoms with Crippen LogP contribution in [0, 0.1) is 0 Å². The van der Waals surface area contributed by atoms with Crippen molar-refractivity contribution >= 4 is 5.84 Å². The standard InChI is InChI=1S/C8H19N3O/c1-3-4-7(2)10-6-5-8(9)11-12/h7,10,12H,3-6H2,1-2H3,(H2,9,11). The van der Waals surface area contributed by atoms with E-state index in [0.29, 0.717) is 12.5 Å². The van der Waals surface area contributed by atoms with Crippen molar-refractivity contribution < 1.29 is 5.21 Å². The summed E-state index contributed by atoms with van der Waals surface area (Å²) < 4.78 is 0. The fourth-order valence-corrected chi connectivity index (χ4v) is 1.03. The molecule has 0 saturated carbocycles. The van der Waals surface area contributed by atoms with Crippen molar-refractivity contribution in [3.63, 3.8) is 0 Å². The summed E-state index contributed by atoms with van der Waals surface area (Å²) in [6.07, 6.45) is 2.94. The number of hydrogen-bond donors (Lipinski definition) is 3. The van der Waals surface area contributed by atoms with Crippen LogP contribution in [0.1, 0.15) is 33.1 Å². The van der Waals surface area contributed by atoms with Crippen LogP contribution < -0.4 is 11.1 Å². The number of nitrogens with two attached hydrogens (primary N) is 1. The molecular formula is C8H19N3O. The van der Waals surface area contributed by atoms with Crippen LogP contribution in [0.5, 0.6) is 0 Å². The van der Waals surface area contributed by atoms with Crippen LogP contribution in [0.4, 0.5) is 0 Å². The van der Waals surface area contributed by atoms with E-state index in [9.17, 15) is 0 Å². The van der Waals surface area contributed by atoms with Gasteiger partial charge in [-0.15, -0.1) is 0 Å². The third-order valence-electron chi connectivity index (χ3n) is 1.72. The number of rotatable bonds is 6. The van der Waals surface area contributed by atoms with Gasteiger partial charge in [-0.05, 0) is 13.3 Å². The number of nitrogens with one attached hydrogen (secondary N) is 1. The molecule has 0 fully saturated rings. The van der Waals surface area contributed by atoms with Crippen LogP contribution in [0.25, 0.3) is 0 Å². The highest BCUT2D eigenvalue weighted by Gasteiger charge is 1.99. The van der Waals surface area contributed by atoms with Crippen LogP contribution in [0.2, 0.25) is 0 Å². The van der Waals surface area contributed by atoms with E-state index in [1.165, 1.54) is 6.42 Å². The Morgan fingerprint density at radius 2 is 2.33 bits per heavy atom. The Morgan fingerprint density at radius 3 is 2.83 bits per heavy atom. The second-order valence-electron chi connectivity index (χ2n) is 2.99. The van der Waals surface area contributed by atoms with Crippen molar-refractivity contribution in [2.24, 2.45) is 10.9 Å². The number of nitrogens with zero attached hydrogens (tertiary/aromatic N) is 1. The molecular weight excluding hydrogens is 154 g/mol. The maximum atomic E-state index is 8.24. The summed E-state index contributed by atoms with van der Waals surface area (Å²) in [5, 5.41) is 14.4. The fraction of sp³-hybridized carbons (Fsp3) is 0.875. The molecule has 0 heterocycles.